The van der Waals surface area contributed by atoms with Gasteiger partial charge < -0.3 is 9.32 Å². The Morgan fingerprint density at radius 2 is 2.19 bits per heavy atom. The Morgan fingerprint density at radius 3 is 2.95 bits per heavy atom. The minimum atomic E-state index is -0.627. The Bertz CT molecular complexity index is 837. The van der Waals surface area contributed by atoms with Gasteiger partial charge in [-0.25, -0.2) is 4.79 Å². The van der Waals surface area contributed by atoms with Crippen LogP contribution < -0.4 is 5.63 Å². The molecule has 3 rings (SSSR count). The van der Waals surface area contributed by atoms with E-state index in [1.165, 1.54) is 4.90 Å². The number of carbonyl (C=O) groups excluding carboxylic acids is 1. The molecule has 0 saturated heterocycles. The second kappa shape index (κ2) is 5.24. The lowest BCUT2D eigenvalue weighted by atomic mass is 10.1. The number of benzene rings is 1. The molecule has 0 aliphatic rings. The van der Waals surface area contributed by atoms with Gasteiger partial charge in [-0.15, -0.1) is 0 Å². The van der Waals surface area contributed by atoms with E-state index in [9.17, 15) is 9.59 Å². The van der Waals surface area contributed by atoms with Gasteiger partial charge in [-0.3, -0.25) is 9.89 Å². The van der Waals surface area contributed by atoms with Crippen LogP contribution in [-0.2, 0) is 6.54 Å². The van der Waals surface area contributed by atoms with Crippen LogP contribution in [0.1, 0.15) is 15.9 Å². The Balaban J connectivity index is 1.93. The van der Waals surface area contributed by atoms with E-state index in [0.717, 1.165) is 10.9 Å². The minimum Gasteiger partial charge on any atom is -0.422 e. The van der Waals surface area contributed by atoms with Crippen molar-refractivity contribution in [3.05, 3.63) is 64.3 Å². The largest absolute Gasteiger partial charge is 0.422 e. The van der Waals surface area contributed by atoms with Crippen molar-refractivity contribution in [2.24, 2.45) is 0 Å². The summed E-state index contributed by atoms with van der Waals surface area (Å²) in [7, 11) is 1.63. The van der Waals surface area contributed by atoms with Crippen LogP contribution in [0.2, 0.25) is 0 Å². The first-order valence-corrected chi connectivity index (χ1v) is 6.41. The molecule has 21 heavy (non-hydrogen) atoms. The summed E-state index contributed by atoms with van der Waals surface area (Å²) in [4.78, 5) is 25.8. The molecule has 6 nitrogen and oxygen atoms in total. The van der Waals surface area contributed by atoms with Crippen molar-refractivity contribution in [1.29, 1.82) is 0 Å². The number of para-hydroxylation sites is 1. The number of amides is 1. The molecule has 0 radical (unpaired) electrons. The molecule has 0 unspecified atom stereocenters. The van der Waals surface area contributed by atoms with Gasteiger partial charge in [0, 0.05) is 30.7 Å². The predicted molar refractivity (Wildman–Crippen MR) is 76.9 cm³/mol. The topological polar surface area (TPSA) is 79.2 Å². The van der Waals surface area contributed by atoms with E-state index in [0.29, 0.717) is 12.1 Å². The summed E-state index contributed by atoms with van der Waals surface area (Å²) < 4.78 is 5.18. The molecule has 2 aromatic heterocycles. The number of nitrogens with zero attached hydrogens (tertiary/aromatic N) is 2. The Labute approximate surface area is 120 Å². The Morgan fingerprint density at radius 1 is 1.38 bits per heavy atom. The lowest BCUT2D eigenvalue weighted by Gasteiger charge is -2.15. The van der Waals surface area contributed by atoms with Crippen LogP contribution in [0.15, 0.2) is 51.9 Å². The fraction of sp³-hybridized carbons (Fsp3) is 0.133. The molecule has 1 amide bonds. The van der Waals surface area contributed by atoms with Crippen molar-refractivity contribution in [3.63, 3.8) is 0 Å². The second-order valence-corrected chi connectivity index (χ2v) is 4.75. The lowest BCUT2D eigenvalue weighted by molar-refractivity contribution is 0.0781. The van der Waals surface area contributed by atoms with Crippen LogP contribution in [0.5, 0.6) is 0 Å². The first-order chi connectivity index (χ1) is 10.1. The number of nitrogens with one attached hydrogen (secondary N) is 1. The maximum Gasteiger partial charge on any atom is 0.349 e. The molecule has 0 spiro atoms. The van der Waals surface area contributed by atoms with Crippen LogP contribution in [0.4, 0.5) is 0 Å². The maximum absolute atomic E-state index is 12.4. The number of fused-ring (bicyclic) bond motifs is 1. The molecule has 6 heteroatoms. The van der Waals surface area contributed by atoms with E-state index >= 15 is 0 Å². The monoisotopic (exact) mass is 283 g/mol. The molecule has 0 aliphatic carbocycles. The second-order valence-electron chi connectivity index (χ2n) is 4.75. The van der Waals surface area contributed by atoms with E-state index in [1.54, 1.807) is 43.7 Å². The average Bonchev–Trinajstić information content (AvgIpc) is 2.98. The van der Waals surface area contributed by atoms with Gasteiger partial charge in [-0.1, -0.05) is 18.2 Å². The molecule has 3 aromatic rings. The van der Waals surface area contributed by atoms with Gasteiger partial charge in [0.2, 0.25) is 0 Å². The van der Waals surface area contributed by atoms with Crippen molar-refractivity contribution in [2.75, 3.05) is 7.05 Å². The lowest BCUT2D eigenvalue weighted by Crippen LogP contribution is -2.30. The van der Waals surface area contributed by atoms with Crippen LogP contribution in [-0.4, -0.2) is 28.1 Å². The number of carbonyl (C=O) groups is 1. The Kier molecular flexibility index (Phi) is 3.27. The van der Waals surface area contributed by atoms with E-state index in [2.05, 4.69) is 10.2 Å². The zero-order valence-corrected chi connectivity index (χ0v) is 11.4. The first kappa shape index (κ1) is 13.1. The summed E-state index contributed by atoms with van der Waals surface area (Å²) in [5.41, 5.74) is 0.727. The zero-order chi connectivity index (χ0) is 14.8. The van der Waals surface area contributed by atoms with E-state index in [1.807, 2.05) is 6.07 Å². The minimum absolute atomic E-state index is 0.0275. The fourth-order valence-electron chi connectivity index (χ4n) is 2.13. The average molecular weight is 283 g/mol. The van der Waals surface area contributed by atoms with Crippen LogP contribution in [0.25, 0.3) is 11.0 Å². The maximum atomic E-state index is 12.4. The van der Waals surface area contributed by atoms with Crippen molar-refractivity contribution in [1.82, 2.24) is 15.1 Å². The third-order valence-electron chi connectivity index (χ3n) is 3.19. The summed E-state index contributed by atoms with van der Waals surface area (Å²) in [5.74, 6) is -0.379. The number of rotatable bonds is 3. The Hall–Kier alpha value is -2.89. The van der Waals surface area contributed by atoms with Gasteiger partial charge in [-0.05, 0) is 12.1 Å². The van der Waals surface area contributed by atoms with E-state index in [4.69, 9.17) is 4.42 Å². The smallest absolute Gasteiger partial charge is 0.349 e. The zero-order valence-electron chi connectivity index (χ0n) is 11.4. The molecule has 0 bridgehead atoms. The number of aromatic nitrogens is 2. The highest BCUT2D eigenvalue weighted by Gasteiger charge is 2.18. The van der Waals surface area contributed by atoms with Crippen molar-refractivity contribution in [3.8, 4) is 0 Å². The van der Waals surface area contributed by atoms with Crippen molar-refractivity contribution < 1.29 is 9.21 Å². The number of hydrogen-bond acceptors (Lipinski definition) is 4. The summed E-state index contributed by atoms with van der Waals surface area (Å²) in [6.07, 6.45) is 3.33. The van der Waals surface area contributed by atoms with E-state index in [-0.39, 0.29) is 11.5 Å². The molecule has 0 aliphatic heterocycles. The molecule has 1 N–H and O–H groups in total. The van der Waals surface area contributed by atoms with Crippen molar-refractivity contribution >= 4 is 16.9 Å². The quantitative estimate of drug-likeness (QED) is 0.743. The van der Waals surface area contributed by atoms with Crippen LogP contribution in [0, 0.1) is 0 Å². The molecule has 106 valence electrons. The highest BCUT2D eigenvalue weighted by molar-refractivity contribution is 5.96. The van der Waals surface area contributed by atoms with Gasteiger partial charge in [0.15, 0.2) is 0 Å². The SMILES string of the molecule is CN(Cc1cn[nH]c1)C(=O)c1cc2ccccc2oc1=O. The fourth-order valence-corrected chi connectivity index (χ4v) is 2.13. The van der Waals surface area contributed by atoms with Gasteiger partial charge in [-0.2, -0.15) is 5.10 Å². The van der Waals surface area contributed by atoms with Crippen LogP contribution >= 0.6 is 0 Å². The van der Waals surface area contributed by atoms with Crippen molar-refractivity contribution in [2.45, 2.75) is 6.54 Å². The molecule has 0 saturated carbocycles. The molecule has 2 heterocycles. The highest BCUT2D eigenvalue weighted by Crippen LogP contribution is 2.14. The van der Waals surface area contributed by atoms with Gasteiger partial charge >= 0.3 is 5.63 Å². The molecule has 1 aromatic carbocycles. The standard InChI is InChI=1S/C15H13N3O3/c1-18(9-10-7-16-17-8-10)14(19)12-6-11-4-2-3-5-13(11)21-15(12)20/h2-8H,9H2,1H3,(H,16,17). The number of aromatic amines is 1. The van der Waals surface area contributed by atoms with Gasteiger partial charge in [0.25, 0.3) is 5.91 Å². The predicted octanol–water partition coefficient (Wildman–Crippen LogP) is 1.79. The third-order valence-corrected chi connectivity index (χ3v) is 3.19. The number of H-pyrrole nitrogens is 1. The van der Waals surface area contributed by atoms with Crippen LogP contribution in [0.3, 0.4) is 0 Å². The molecular weight excluding hydrogens is 270 g/mol. The summed E-state index contributed by atoms with van der Waals surface area (Å²) in [5, 5.41) is 7.22. The third kappa shape index (κ3) is 2.55. The molecule has 0 fully saturated rings. The van der Waals surface area contributed by atoms with Gasteiger partial charge in [0.05, 0.1) is 6.20 Å². The molecular formula is C15H13N3O3. The van der Waals surface area contributed by atoms with Gasteiger partial charge in [0.1, 0.15) is 11.1 Å². The normalized spacial score (nSPS) is 10.7. The first-order valence-electron chi connectivity index (χ1n) is 6.41. The molecule has 0 atom stereocenters. The summed E-state index contributed by atoms with van der Waals surface area (Å²) >= 11 is 0. The summed E-state index contributed by atoms with van der Waals surface area (Å²) in [6, 6.07) is 8.66. The van der Waals surface area contributed by atoms with E-state index < -0.39 is 5.63 Å². The highest BCUT2D eigenvalue weighted by atomic mass is 16.4. The number of hydrogen-bond donors (Lipinski definition) is 1. The summed E-state index contributed by atoms with van der Waals surface area (Å²) in [6.45, 7) is 0.363.